The first-order valence-electron chi connectivity index (χ1n) is 8.96. The fourth-order valence-corrected chi connectivity index (χ4v) is 4.14. The van der Waals surface area contributed by atoms with Gasteiger partial charge in [-0.05, 0) is 61.8 Å². The molecule has 1 fully saturated rings. The van der Waals surface area contributed by atoms with Gasteiger partial charge < -0.3 is 11.1 Å². The van der Waals surface area contributed by atoms with Crippen LogP contribution in [0.25, 0.3) is 0 Å². The van der Waals surface area contributed by atoms with Gasteiger partial charge in [-0.25, -0.2) is 0 Å². The normalized spacial score (nSPS) is 16.4. The Morgan fingerprint density at radius 2 is 1.92 bits per heavy atom. The van der Waals surface area contributed by atoms with E-state index >= 15 is 0 Å². The molecule has 0 bridgehead atoms. The first-order valence-corrected chi connectivity index (χ1v) is 9.78. The summed E-state index contributed by atoms with van der Waals surface area (Å²) in [5.41, 5.74) is 8.60. The number of hydrogen-bond donors (Lipinski definition) is 3. The van der Waals surface area contributed by atoms with E-state index in [1.807, 2.05) is 13.8 Å². The molecule has 1 aromatic carbocycles. The van der Waals surface area contributed by atoms with E-state index in [0.717, 1.165) is 5.69 Å². The molecule has 3 rings (SSSR count). The summed E-state index contributed by atoms with van der Waals surface area (Å²) in [6.07, 6.45) is 6.61. The van der Waals surface area contributed by atoms with Crippen molar-refractivity contribution in [3.05, 3.63) is 45.7 Å². The topological polar surface area (TPSA) is 83.3 Å². The fourth-order valence-electron chi connectivity index (χ4n) is 3.37. The molecular formula is C19H26N4OS. The lowest BCUT2D eigenvalue weighted by Crippen LogP contribution is -2.23. The van der Waals surface area contributed by atoms with Crippen LogP contribution in [-0.2, 0) is 0 Å². The van der Waals surface area contributed by atoms with Crippen molar-refractivity contribution in [1.82, 2.24) is 4.37 Å². The first-order chi connectivity index (χ1) is 12.0. The number of H-pyrrole nitrogens is 1. The standard InChI is InChI=1S/C19H26N4OS/c1-12(2)21-17(20)16-18(24)23-25-19(16)22-15-10-8-14(9-11-15)13-6-4-3-5-7-13/h8-13,22H,3-7H2,1-2H3,(H2,20,21)(H,23,24). The maximum absolute atomic E-state index is 12.1. The molecule has 0 unspecified atom stereocenters. The number of amidine groups is 1. The third-order valence-electron chi connectivity index (χ3n) is 4.60. The van der Waals surface area contributed by atoms with Gasteiger partial charge in [0.15, 0.2) is 0 Å². The number of benzene rings is 1. The number of nitrogens with two attached hydrogens (primary N) is 1. The maximum Gasteiger partial charge on any atom is 0.271 e. The molecule has 0 atom stereocenters. The first kappa shape index (κ1) is 17.7. The van der Waals surface area contributed by atoms with Gasteiger partial charge in [-0.15, -0.1) is 0 Å². The Kier molecular flexibility index (Phi) is 5.58. The molecule has 6 heteroatoms. The average Bonchev–Trinajstić information content (AvgIpc) is 2.96. The summed E-state index contributed by atoms with van der Waals surface area (Å²) >= 11 is 1.25. The molecule has 1 aliphatic rings. The van der Waals surface area contributed by atoms with Gasteiger partial charge in [-0.1, -0.05) is 31.4 Å². The van der Waals surface area contributed by atoms with Gasteiger partial charge in [0, 0.05) is 11.7 Å². The van der Waals surface area contributed by atoms with Crippen LogP contribution in [0.1, 0.15) is 63.0 Å². The summed E-state index contributed by atoms with van der Waals surface area (Å²) in [5, 5.41) is 4.01. The van der Waals surface area contributed by atoms with Crippen LogP contribution in [0.15, 0.2) is 34.1 Å². The Labute approximate surface area is 152 Å². The van der Waals surface area contributed by atoms with Crippen molar-refractivity contribution >= 4 is 28.1 Å². The molecule has 5 nitrogen and oxygen atoms in total. The lowest BCUT2D eigenvalue weighted by atomic mass is 9.84. The molecule has 0 spiro atoms. The third-order valence-corrected chi connectivity index (χ3v) is 5.40. The largest absolute Gasteiger partial charge is 0.383 e. The lowest BCUT2D eigenvalue weighted by molar-refractivity contribution is 0.443. The van der Waals surface area contributed by atoms with E-state index in [9.17, 15) is 4.79 Å². The van der Waals surface area contributed by atoms with Crippen LogP contribution >= 0.6 is 11.5 Å². The molecular weight excluding hydrogens is 332 g/mol. The predicted octanol–water partition coefficient (Wildman–Crippen LogP) is 4.34. The molecule has 0 saturated heterocycles. The summed E-state index contributed by atoms with van der Waals surface area (Å²) in [7, 11) is 0. The van der Waals surface area contributed by atoms with Crippen LogP contribution < -0.4 is 16.6 Å². The SMILES string of the molecule is CC(C)N=C(N)c1c(Nc2ccc(C3CCCCC3)cc2)s[nH]c1=O. The number of hydrogen-bond acceptors (Lipinski definition) is 4. The number of anilines is 2. The number of aromatic nitrogens is 1. The summed E-state index contributed by atoms with van der Waals surface area (Å²) < 4.78 is 2.74. The Morgan fingerprint density at radius 1 is 1.24 bits per heavy atom. The van der Waals surface area contributed by atoms with E-state index < -0.39 is 0 Å². The van der Waals surface area contributed by atoms with Crippen molar-refractivity contribution < 1.29 is 0 Å². The van der Waals surface area contributed by atoms with Crippen LogP contribution in [0.5, 0.6) is 0 Å². The molecule has 1 aromatic heterocycles. The summed E-state index contributed by atoms with van der Waals surface area (Å²) in [6, 6.07) is 8.58. The number of aliphatic imine (C=N–C) groups is 1. The highest BCUT2D eigenvalue weighted by molar-refractivity contribution is 7.10. The van der Waals surface area contributed by atoms with Crippen LogP contribution in [-0.4, -0.2) is 16.3 Å². The van der Waals surface area contributed by atoms with E-state index in [2.05, 4.69) is 38.9 Å². The molecule has 2 aromatic rings. The van der Waals surface area contributed by atoms with E-state index in [4.69, 9.17) is 5.73 Å². The zero-order valence-corrected chi connectivity index (χ0v) is 15.7. The Balaban J connectivity index is 1.78. The second kappa shape index (κ2) is 7.87. The zero-order chi connectivity index (χ0) is 17.8. The fraction of sp³-hybridized carbons (Fsp3) is 0.474. The number of rotatable bonds is 5. The van der Waals surface area contributed by atoms with Gasteiger partial charge in [-0.3, -0.25) is 14.2 Å². The van der Waals surface area contributed by atoms with E-state index in [1.165, 1.54) is 49.2 Å². The summed E-state index contributed by atoms with van der Waals surface area (Å²) in [6.45, 7) is 3.87. The smallest absolute Gasteiger partial charge is 0.271 e. The van der Waals surface area contributed by atoms with Gasteiger partial charge in [0.25, 0.3) is 5.56 Å². The summed E-state index contributed by atoms with van der Waals surface area (Å²) in [5.74, 6) is 0.967. The van der Waals surface area contributed by atoms with Crippen LogP contribution in [0, 0.1) is 0 Å². The molecule has 0 radical (unpaired) electrons. The van der Waals surface area contributed by atoms with Crippen molar-refractivity contribution in [1.29, 1.82) is 0 Å². The second-order valence-electron chi connectivity index (χ2n) is 6.93. The average molecular weight is 359 g/mol. The maximum atomic E-state index is 12.1. The molecule has 1 heterocycles. The molecule has 1 aliphatic carbocycles. The predicted molar refractivity (Wildman–Crippen MR) is 106 cm³/mol. The second-order valence-corrected chi connectivity index (χ2v) is 7.74. The quantitative estimate of drug-likeness (QED) is 0.549. The van der Waals surface area contributed by atoms with Gasteiger partial charge in [0.05, 0.1) is 0 Å². The van der Waals surface area contributed by atoms with Gasteiger partial charge in [0.1, 0.15) is 16.4 Å². The minimum Gasteiger partial charge on any atom is -0.383 e. The lowest BCUT2D eigenvalue weighted by Gasteiger charge is -2.22. The minimum absolute atomic E-state index is 0.0435. The van der Waals surface area contributed by atoms with Gasteiger partial charge in [0.2, 0.25) is 0 Å². The highest BCUT2D eigenvalue weighted by Crippen LogP contribution is 2.33. The van der Waals surface area contributed by atoms with Crippen molar-refractivity contribution in [2.45, 2.75) is 57.9 Å². The Morgan fingerprint density at radius 3 is 2.56 bits per heavy atom. The van der Waals surface area contributed by atoms with Crippen LogP contribution in [0.2, 0.25) is 0 Å². The molecule has 25 heavy (non-hydrogen) atoms. The summed E-state index contributed by atoms with van der Waals surface area (Å²) in [4.78, 5) is 16.4. The Hall–Kier alpha value is -2.08. The van der Waals surface area contributed by atoms with Gasteiger partial charge >= 0.3 is 0 Å². The minimum atomic E-state index is -0.201. The van der Waals surface area contributed by atoms with E-state index in [-0.39, 0.29) is 17.4 Å². The molecule has 0 amide bonds. The number of aromatic amines is 1. The van der Waals surface area contributed by atoms with Gasteiger partial charge in [-0.2, -0.15) is 0 Å². The molecule has 0 aliphatic heterocycles. The van der Waals surface area contributed by atoms with Crippen molar-refractivity contribution in [3.8, 4) is 0 Å². The van der Waals surface area contributed by atoms with Crippen molar-refractivity contribution in [2.24, 2.45) is 10.7 Å². The highest BCUT2D eigenvalue weighted by atomic mass is 32.1. The molecule has 134 valence electrons. The van der Waals surface area contributed by atoms with E-state index in [1.54, 1.807) is 0 Å². The highest BCUT2D eigenvalue weighted by Gasteiger charge is 2.17. The molecule has 1 saturated carbocycles. The van der Waals surface area contributed by atoms with E-state index in [0.29, 0.717) is 16.5 Å². The van der Waals surface area contributed by atoms with Crippen LogP contribution in [0.4, 0.5) is 10.7 Å². The number of nitrogens with zero attached hydrogens (tertiary/aromatic N) is 1. The monoisotopic (exact) mass is 358 g/mol. The number of nitrogens with one attached hydrogen (secondary N) is 2. The third kappa shape index (κ3) is 4.31. The Bertz CT molecular complexity index is 783. The zero-order valence-electron chi connectivity index (χ0n) is 14.8. The molecule has 4 N–H and O–H groups in total. The van der Waals surface area contributed by atoms with Crippen molar-refractivity contribution in [3.63, 3.8) is 0 Å². The van der Waals surface area contributed by atoms with Crippen molar-refractivity contribution in [2.75, 3.05) is 5.32 Å². The van der Waals surface area contributed by atoms with Crippen LogP contribution in [0.3, 0.4) is 0 Å².